The highest BCUT2D eigenvalue weighted by atomic mass is 32.1. The number of fused-ring (bicyclic) bond motifs is 1. The van der Waals surface area contributed by atoms with Crippen LogP contribution < -0.4 is 0 Å². The van der Waals surface area contributed by atoms with Crippen molar-refractivity contribution in [1.82, 2.24) is 14.7 Å². The molecule has 0 bridgehead atoms. The van der Waals surface area contributed by atoms with E-state index >= 15 is 0 Å². The van der Waals surface area contributed by atoms with E-state index in [0.717, 1.165) is 4.70 Å². The van der Waals surface area contributed by atoms with Gasteiger partial charge >= 0.3 is 0 Å². The molecule has 2 heterocycles. The molecule has 0 radical (unpaired) electrons. The lowest BCUT2D eigenvalue weighted by atomic mass is 10.7. The van der Waals surface area contributed by atoms with Crippen LogP contribution in [0.4, 0.5) is 0 Å². The number of hydrogen-bond donors (Lipinski definition) is 0. The highest BCUT2D eigenvalue weighted by Crippen LogP contribution is 2.11. The Labute approximate surface area is 48.3 Å². The van der Waals surface area contributed by atoms with Crippen LogP contribution in [0.15, 0.2) is 10.7 Å². The first-order chi connectivity index (χ1) is 3.97. The largest absolute Gasteiger partial charge is 0.333 e. The van der Waals surface area contributed by atoms with Crippen molar-refractivity contribution >= 4 is 21.9 Å². The third-order valence-electron chi connectivity index (χ3n) is 0.791. The van der Waals surface area contributed by atoms with Crippen molar-refractivity contribution in [2.75, 3.05) is 0 Å². The summed E-state index contributed by atoms with van der Waals surface area (Å²) in [7, 11) is 0. The van der Waals surface area contributed by atoms with E-state index in [2.05, 4.69) is 19.3 Å². The zero-order valence-corrected chi connectivity index (χ0v) is 4.55. The summed E-state index contributed by atoms with van der Waals surface area (Å²) in [5.74, 6) is 0. The molecule has 0 aliphatic rings. The Morgan fingerprint density at radius 3 is 3.50 bits per heavy atom. The van der Waals surface area contributed by atoms with Gasteiger partial charge < -0.3 is 4.52 Å². The van der Waals surface area contributed by atoms with Gasteiger partial charge in [0.15, 0.2) is 0 Å². The Morgan fingerprint density at radius 2 is 2.62 bits per heavy atom. The molecule has 0 unspecified atom stereocenters. The molecule has 2 aromatic heterocycles. The second kappa shape index (κ2) is 1.25. The highest BCUT2D eigenvalue weighted by Gasteiger charge is 1.98. The fourth-order valence-electron chi connectivity index (χ4n) is 0.456. The molecule has 2 rings (SSSR count). The van der Waals surface area contributed by atoms with E-state index < -0.39 is 0 Å². The van der Waals surface area contributed by atoms with Crippen LogP contribution >= 0.6 is 11.5 Å². The van der Waals surface area contributed by atoms with Gasteiger partial charge in [0.1, 0.15) is 4.70 Å². The Kier molecular flexibility index (Phi) is 0.621. The number of nitrogens with zero attached hydrogens (tertiary/aromatic N) is 3. The summed E-state index contributed by atoms with van der Waals surface area (Å²) in [5, 5.41) is 7.11. The molecular formula is C3HN3OS. The monoisotopic (exact) mass is 127 g/mol. The Bertz CT molecular complexity index is 236. The third kappa shape index (κ3) is 0.362. The van der Waals surface area contributed by atoms with Crippen molar-refractivity contribution in [2.24, 2.45) is 0 Å². The van der Waals surface area contributed by atoms with Gasteiger partial charge in [-0.25, -0.2) is 0 Å². The summed E-state index contributed by atoms with van der Waals surface area (Å²) in [6.45, 7) is 0. The van der Waals surface area contributed by atoms with E-state index in [1.54, 1.807) is 6.20 Å². The van der Waals surface area contributed by atoms with Gasteiger partial charge in [0.25, 0.3) is 5.71 Å². The van der Waals surface area contributed by atoms with Crippen LogP contribution in [0.1, 0.15) is 0 Å². The molecule has 4 nitrogen and oxygen atoms in total. The molecule has 0 N–H and O–H groups in total. The topological polar surface area (TPSA) is 51.8 Å². The molecule has 5 heteroatoms. The van der Waals surface area contributed by atoms with E-state index in [-0.39, 0.29) is 0 Å². The SMILES string of the molecule is c1noc2nnsc12. The molecule has 0 aromatic carbocycles. The lowest BCUT2D eigenvalue weighted by molar-refractivity contribution is 0.447. The first-order valence-electron chi connectivity index (χ1n) is 1.99. The van der Waals surface area contributed by atoms with Crippen LogP contribution in [0.3, 0.4) is 0 Å². The van der Waals surface area contributed by atoms with Gasteiger partial charge in [-0.05, 0) is 11.5 Å². The van der Waals surface area contributed by atoms with Crippen LogP contribution in [0, 0.1) is 0 Å². The molecular weight excluding hydrogens is 126 g/mol. The van der Waals surface area contributed by atoms with E-state index in [0.29, 0.717) is 5.71 Å². The summed E-state index contributed by atoms with van der Waals surface area (Å²) >= 11 is 1.28. The van der Waals surface area contributed by atoms with Crippen molar-refractivity contribution in [3.05, 3.63) is 6.20 Å². The lowest BCUT2D eigenvalue weighted by Gasteiger charge is -1.58. The normalized spacial score (nSPS) is 10.5. The first-order valence-corrected chi connectivity index (χ1v) is 2.77. The molecule has 0 aliphatic heterocycles. The molecule has 2 aromatic rings. The predicted molar refractivity (Wildman–Crippen MR) is 27.5 cm³/mol. The van der Waals surface area contributed by atoms with Gasteiger partial charge in [0.05, 0.1) is 6.20 Å². The summed E-state index contributed by atoms with van der Waals surface area (Å²) in [4.78, 5) is 0. The van der Waals surface area contributed by atoms with E-state index in [1.807, 2.05) is 0 Å². The van der Waals surface area contributed by atoms with Crippen molar-refractivity contribution in [3.63, 3.8) is 0 Å². The third-order valence-corrected chi connectivity index (χ3v) is 1.43. The van der Waals surface area contributed by atoms with Crippen LogP contribution in [0.2, 0.25) is 0 Å². The molecule has 0 aliphatic carbocycles. The van der Waals surface area contributed by atoms with Gasteiger partial charge in [0, 0.05) is 0 Å². The zero-order valence-electron chi connectivity index (χ0n) is 3.74. The summed E-state index contributed by atoms with van der Waals surface area (Å²) < 4.78 is 9.16. The summed E-state index contributed by atoms with van der Waals surface area (Å²) in [6, 6.07) is 0. The van der Waals surface area contributed by atoms with Crippen LogP contribution in [-0.4, -0.2) is 14.7 Å². The van der Waals surface area contributed by atoms with Gasteiger partial charge in [-0.2, -0.15) is 0 Å². The molecule has 8 heavy (non-hydrogen) atoms. The minimum absolute atomic E-state index is 0.523. The maximum Gasteiger partial charge on any atom is 0.288 e. The molecule has 0 fully saturated rings. The van der Waals surface area contributed by atoms with Crippen molar-refractivity contribution < 1.29 is 4.52 Å². The fourth-order valence-corrected chi connectivity index (χ4v) is 0.905. The Balaban J connectivity index is 3.06. The maximum atomic E-state index is 4.64. The van der Waals surface area contributed by atoms with Crippen LogP contribution in [0.5, 0.6) is 0 Å². The average molecular weight is 127 g/mol. The van der Waals surface area contributed by atoms with Crippen molar-refractivity contribution in [1.29, 1.82) is 0 Å². The number of hydrogen-bond acceptors (Lipinski definition) is 5. The summed E-state index contributed by atoms with van der Waals surface area (Å²) in [6.07, 6.45) is 1.60. The van der Waals surface area contributed by atoms with E-state index in [1.165, 1.54) is 11.5 Å². The van der Waals surface area contributed by atoms with Gasteiger partial charge in [-0.1, -0.05) is 14.7 Å². The standard InChI is InChI=1S/C3HN3OS/c1-2-3(7-4-1)5-6-8-2/h1H. The molecule has 0 spiro atoms. The van der Waals surface area contributed by atoms with Gasteiger partial charge in [0.2, 0.25) is 0 Å². The molecule has 0 saturated heterocycles. The Hall–Kier alpha value is -0.970. The Morgan fingerprint density at radius 1 is 1.62 bits per heavy atom. The van der Waals surface area contributed by atoms with E-state index in [9.17, 15) is 0 Å². The molecule has 0 saturated carbocycles. The fraction of sp³-hybridized carbons (Fsp3) is 0. The first kappa shape index (κ1) is 3.96. The molecule has 40 valence electrons. The quantitative estimate of drug-likeness (QED) is 0.522. The second-order valence-corrected chi connectivity index (χ2v) is 2.05. The minimum atomic E-state index is 0.523. The molecule has 0 amide bonds. The predicted octanol–water partition coefficient (Wildman–Crippen LogP) is 0.679. The van der Waals surface area contributed by atoms with Crippen molar-refractivity contribution in [3.8, 4) is 0 Å². The van der Waals surface area contributed by atoms with Crippen LogP contribution in [0.25, 0.3) is 10.4 Å². The summed E-state index contributed by atoms with van der Waals surface area (Å²) in [5.41, 5.74) is 0.523. The van der Waals surface area contributed by atoms with Gasteiger partial charge in [-0.15, -0.1) is 0 Å². The second-order valence-electron chi connectivity index (χ2n) is 1.27. The number of rotatable bonds is 0. The van der Waals surface area contributed by atoms with Crippen molar-refractivity contribution in [2.45, 2.75) is 0 Å². The maximum absolute atomic E-state index is 4.64. The van der Waals surface area contributed by atoms with Crippen LogP contribution in [-0.2, 0) is 0 Å². The minimum Gasteiger partial charge on any atom is -0.333 e. The zero-order chi connectivity index (χ0) is 5.40. The highest BCUT2D eigenvalue weighted by molar-refractivity contribution is 7.12. The van der Waals surface area contributed by atoms with E-state index in [4.69, 9.17) is 0 Å². The average Bonchev–Trinajstić information content (AvgIpc) is 2.15. The van der Waals surface area contributed by atoms with Gasteiger partial charge in [-0.3, -0.25) is 0 Å². The molecule has 0 atom stereocenters. The lowest BCUT2D eigenvalue weighted by Crippen LogP contribution is -1.59. The number of aromatic nitrogens is 3. The smallest absolute Gasteiger partial charge is 0.288 e.